The van der Waals surface area contributed by atoms with E-state index in [0.717, 1.165) is 17.7 Å². The van der Waals surface area contributed by atoms with Gasteiger partial charge in [0.15, 0.2) is 0 Å². The van der Waals surface area contributed by atoms with Crippen LogP contribution < -0.4 is 10.6 Å². The predicted molar refractivity (Wildman–Crippen MR) is 55.4 cm³/mol. The standard InChI is InChI=1S/C10H15N3O3/c1-10(6-3-4-6)8(15)13(9(16)12-10)5-7(14)11-2/h6H,3-5H2,1-2H3,(H,11,14)(H,12,16). The van der Waals surface area contributed by atoms with Crippen molar-refractivity contribution in [2.24, 2.45) is 5.92 Å². The molecule has 2 aliphatic rings. The molecular weight excluding hydrogens is 210 g/mol. The summed E-state index contributed by atoms with van der Waals surface area (Å²) in [5.74, 6) is -0.411. The molecule has 0 aromatic heterocycles. The van der Waals surface area contributed by atoms with Crippen molar-refractivity contribution in [3.63, 3.8) is 0 Å². The average molecular weight is 225 g/mol. The highest BCUT2D eigenvalue weighted by Crippen LogP contribution is 2.42. The van der Waals surface area contributed by atoms with Gasteiger partial charge in [0, 0.05) is 7.05 Å². The van der Waals surface area contributed by atoms with E-state index in [0.29, 0.717) is 0 Å². The molecule has 0 radical (unpaired) electrons. The molecule has 1 saturated heterocycles. The lowest BCUT2D eigenvalue weighted by atomic mass is 9.96. The summed E-state index contributed by atoms with van der Waals surface area (Å²) in [6.45, 7) is 1.53. The van der Waals surface area contributed by atoms with Gasteiger partial charge in [-0.1, -0.05) is 0 Å². The summed E-state index contributed by atoms with van der Waals surface area (Å²) in [5, 5.41) is 5.07. The Morgan fingerprint density at radius 3 is 2.69 bits per heavy atom. The molecule has 6 heteroatoms. The first kappa shape index (κ1) is 10.9. The molecule has 1 heterocycles. The summed E-state index contributed by atoms with van der Waals surface area (Å²) >= 11 is 0. The number of amides is 4. The predicted octanol–water partition coefficient (Wildman–Crippen LogP) is -0.547. The molecule has 4 amide bonds. The molecule has 2 fully saturated rings. The van der Waals surface area contributed by atoms with Gasteiger partial charge in [-0.25, -0.2) is 4.79 Å². The van der Waals surface area contributed by atoms with E-state index in [9.17, 15) is 14.4 Å². The highest BCUT2D eigenvalue weighted by atomic mass is 16.2. The lowest BCUT2D eigenvalue weighted by Gasteiger charge is -2.20. The third-order valence-corrected chi connectivity index (χ3v) is 3.28. The van der Waals surface area contributed by atoms with E-state index in [1.165, 1.54) is 7.05 Å². The first-order chi connectivity index (χ1) is 7.49. The Morgan fingerprint density at radius 2 is 2.19 bits per heavy atom. The summed E-state index contributed by atoms with van der Waals surface area (Å²) in [4.78, 5) is 35.8. The van der Waals surface area contributed by atoms with Crippen molar-refractivity contribution in [2.45, 2.75) is 25.3 Å². The average Bonchev–Trinajstić information content (AvgIpc) is 3.04. The number of likely N-dealkylation sites (N-methyl/N-ethyl adjacent to an activating group) is 1. The molecule has 1 unspecified atom stereocenters. The van der Waals surface area contributed by atoms with E-state index in [2.05, 4.69) is 10.6 Å². The molecule has 0 spiro atoms. The third-order valence-electron chi connectivity index (χ3n) is 3.28. The molecule has 6 nitrogen and oxygen atoms in total. The molecule has 1 atom stereocenters. The Morgan fingerprint density at radius 1 is 1.56 bits per heavy atom. The van der Waals surface area contributed by atoms with Crippen molar-refractivity contribution in [1.82, 2.24) is 15.5 Å². The summed E-state index contributed by atoms with van der Waals surface area (Å²) in [7, 11) is 1.47. The van der Waals surface area contributed by atoms with Gasteiger partial charge in [0.1, 0.15) is 12.1 Å². The maximum absolute atomic E-state index is 12.0. The monoisotopic (exact) mass is 225 g/mol. The molecule has 0 aromatic carbocycles. The Bertz CT molecular complexity index is 364. The van der Waals surface area contributed by atoms with Gasteiger partial charge in [-0.05, 0) is 25.7 Å². The highest BCUT2D eigenvalue weighted by molar-refractivity contribution is 6.09. The second-order valence-corrected chi connectivity index (χ2v) is 4.47. The Balaban J connectivity index is 2.13. The molecule has 2 rings (SSSR count). The van der Waals surface area contributed by atoms with Crippen LogP contribution in [0.1, 0.15) is 19.8 Å². The maximum Gasteiger partial charge on any atom is 0.325 e. The molecule has 88 valence electrons. The normalized spacial score (nSPS) is 29.2. The number of carbonyl (C=O) groups excluding carboxylic acids is 3. The van der Waals surface area contributed by atoms with Gasteiger partial charge >= 0.3 is 6.03 Å². The van der Waals surface area contributed by atoms with E-state index < -0.39 is 11.6 Å². The maximum atomic E-state index is 12.0. The third kappa shape index (κ3) is 1.54. The Labute approximate surface area is 93.4 Å². The van der Waals surface area contributed by atoms with Gasteiger partial charge in [0.05, 0.1) is 0 Å². The first-order valence-electron chi connectivity index (χ1n) is 5.33. The summed E-state index contributed by atoms with van der Waals surface area (Å²) in [5.41, 5.74) is -0.800. The zero-order chi connectivity index (χ0) is 11.9. The van der Waals surface area contributed by atoms with E-state index in [1.54, 1.807) is 6.92 Å². The van der Waals surface area contributed by atoms with Gasteiger partial charge in [-0.2, -0.15) is 0 Å². The van der Waals surface area contributed by atoms with Crippen LogP contribution in [0, 0.1) is 5.92 Å². The second kappa shape index (κ2) is 3.47. The molecule has 1 aliphatic carbocycles. The van der Waals surface area contributed by atoms with Crippen LogP contribution in [0.2, 0.25) is 0 Å². The van der Waals surface area contributed by atoms with Gasteiger partial charge in [0.25, 0.3) is 5.91 Å². The van der Waals surface area contributed by atoms with Crippen molar-refractivity contribution in [3.05, 3.63) is 0 Å². The second-order valence-electron chi connectivity index (χ2n) is 4.47. The summed E-state index contributed by atoms with van der Waals surface area (Å²) in [6.07, 6.45) is 1.91. The fraction of sp³-hybridized carbons (Fsp3) is 0.700. The quantitative estimate of drug-likeness (QED) is 0.633. The number of carbonyl (C=O) groups is 3. The van der Waals surface area contributed by atoms with E-state index in [-0.39, 0.29) is 24.3 Å². The van der Waals surface area contributed by atoms with Crippen molar-refractivity contribution in [1.29, 1.82) is 0 Å². The molecule has 1 saturated carbocycles. The van der Waals surface area contributed by atoms with Crippen LogP contribution in [0.15, 0.2) is 0 Å². The number of imide groups is 1. The first-order valence-corrected chi connectivity index (χ1v) is 5.33. The van der Waals surface area contributed by atoms with Gasteiger partial charge < -0.3 is 10.6 Å². The minimum Gasteiger partial charge on any atom is -0.358 e. The largest absolute Gasteiger partial charge is 0.358 e. The topological polar surface area (TPSA) is 78.5 Å². The number of nitrogens with one attached hydrogen (secondary N) is 2. The number of nitrogens with zero attached hydrogens (tertiary/aromatic N) is 1. The van der Waals surface area contributed by atoms with Gasteiger partial charge in [0.2, 0.25) is 5.91 Å². The molecule has 0 aromatic rings. The minimum atomic E-state index is -0.800. The van der Waals surface area contributed by atoms with Crippen LogP contribution >= 0.6 is 0 Å². The zero-order valence-electron chi connectivity index (χ0n) is 9.37. The molecule has 0 bridgehead atoms. The lowest BCUT2D eigenvalue weighted by Crippen LogP contribution is -2.46. The number of urea groups is 1. The highest BCUT2D eigenvalue weighted by Gasteiger charge is 2.56. The molecular formula is C10H15N3O3. The van der Waals surface area contributed by atoms with Crippen LogP contribution in [-0.2, 0) is 9.59 Å². The van der Waals surface area contributed by atoms with Crippen LogP contribution in [0.25, 0.3) is 0 Å². The molecule has 16 heavy (non-hydrogen) atoms. The van der Waals surface area contributed by atoms with Gasteiger partial charge in [-0.3, -0.25) is 14.5 Å². The van der Waals surface area contributed by atoms with Crippen molar-refractivity contribution < 1.29 is 14.4 Å². The lowest BCUT2D eigenvalue weighted by molar-refractivity contribution is -0.135. The van der Waals surface area contributed by atoms with Gasteiger partial charge in [-0.15, -0.1) is 0 Å². The molecule has 2 N–H and O–H groups in total. The SMILES string of the molecule is CNC(=O)CN1C(=O)NC(C)(C2CC2)C1=O. The van der Waals surface area contributed by atoms with Crippen LogP contribution in [0.3, 0.4) is 0 Å². The minimum absolute atomic E-state index is 0.205. The molecule has 1 aliphatic heterocycles. The van der Waals surface area contributed by atoms with Crippen LogP contribution in [0.4, 0.5) is 4.79 Å². The Kier molecular flexibility index (Phi) is 2.36. The van der Waals surface area contributed by atoms with E-state index in [4.69, 9.17) is 0 Å². The fourth-order valence-corrected chi connectivity index (χ4v) is 2.02. The van der Waals surface area contributed by atoms with E-state index >= 15 is 0 Å². The van der Waals surface area contributed by atoms with Crippen molar-refractivity contribution >= 4 is 17.8 Å². The van der Waals surface area contributed by atoms with Crippen LogP contribution in [-0.4, -0.2) is 41.9 Å². The summed E-state index contributed by atoms with van der Waals surface area (Å²) in [6, 6.07) is -0.469. The zero-order valence-corrected chi connectivity index (χ0v) is 9.37. The number of hydrogen-bond donors (Lipinski definition) is 2. The van der Waals surface area contributed by atoms with Crippen molar-refractivity contribution in [3.8, 4) is 0 Å². The fourth-order valence-electron chi connectivity index (χ4n) is 2.02. The Hall–Kier alpha value is -1.59. The van der Waals surface area contributed by atoms with Crippen molar-refractivity contribution in [2.75, 3.05) is 13.6 Å². The smallest absolute Gasteiger partial charge is 0.325 e. The van der Waals surface area contributed by atoms with E-state index in [1.807, 2.05) is 0 Å². The van der Waals surface area contributed by atoms with Crippen LogP contribution in [0.5, 0.6) is 0 Å². The summed E-state index contributed by atoms with van der Waals surface area (Å²) < 4.78 is 0. The number of rotatable bonds is 3. The number of hydrogen-bond acceptors (Lipinski definition) is 3.